The second kappa shape index (κ2) is 49.2. The zero-order valence-electron chi connectivity index (χ0n) is 70.2. The van der Waals surface area contributed by atoms with Crippen LogP contribution in [0.2, 0.25) is 0 Å². The number of nitrogens with one attached hydrogen (secondary N) is 4. The Kier molecular flexibility index (Phi) is 38.4. The summed E-state index contributed by atoms with van der Waals surface area (Å²) in [5.41, 5.74) is 6.02. The molecule has 4 aromatic carbocycles. The monoisotopic (exact) mass is 1780 g/mol. The number of hydrogen-bond acceptors (Lipinski definition) is 24. The van der Waals surface area contributed by atoms with Crippen molar-refractivity contribution >= 4 is 57.9 Å². The maximum absolute atomic E-state index is 13.5. The number of fused-ring (bicyclic) bond motifs is 2. The number of aromatic amines is 2. The van der Waals surface area contributed by atoms with Gasteiger partial charge in [-0.2, -0.15) is 9.97 Å². The van der Waals surface area contributed by atoms with Crippen LogP contribution in [0.3, 0.4) is 0 Å². The number of aromatic carboxylic acids is 1. The predicted molar refractivity (Wildman–Crippen MR) is 448 cm³/mol. The highest BCUT2D eigenvalue weighted by molar-refractivity contribution is 6.14. The van der Waals surface area contributed by atoms with Gasteiger partial charge in [-0.05, 0) is 198 Å². The third kappa shape index (κ3) is 31.5. The van der Waals surface area contributed by atoms with E-state index in [9.17, 15) is 78.3 Å². The molecular formula is C88H88F8N14O18. The molecule has 0 bridgehead atoms. The average Bonchev–Trinajstić information content (AvgIpc) is 1.70. The predicted octanol–water partition coefficient (Wildman–Crippen LogP) is 13.3. The lowest BCUT2D eigenvalue weighted by molar-refractivity contribution is -0.146. The van der Waals surface area contributed by atoms with Gasteiger partial charge < -0.3 is 83.0 Å². The Balaban J connectivity index is 0.000000215. The number of esters is 3. The molecule has 0 aliphatic rings. The van der Waals surface area contributed by atoms with E-state index in [-0.39, 0.29) is 116 Å². The van der Waals surface area contributed by atoms with Crippen molar-refractivity contribution in [3.05, 3.63) is 329 Å². The molecule has 2 amide bonds. The summed E-state index contributed by atoms with van der Waals surface area (Å²) in [5, 5.41) is 31.8. The first-order valence-electron chi connectivity index (χ1n) is 38.7. The second-order valence-electron chi connectivity index (χ2n) is 27.5. The minimum absolute atomic E-state index is 0.0409. The lowest BCUT2D eigenvalue weighted by atomic mass is 10.2. The van der Waals surface area contributed by atoms with Crippen molar-refractivity contribution in [2.24, 2.45) is 5.73 Å². The van der Waals surface area contributed by atoms with Gasteiger partial charge in [-0.3, -0.25) is 19.2 Å². The molecule has 1 unspecified atom stereocenters. The number of aromatic nitrogens is 11. The molecule has 32 nitrogen and oxygen atoms in total. The minimum Gasteiger partial charge on any atom is -0.504 e. The van der Waals surface area contributed by atoms with Crippen LogP contribution in [0.1, 0.15) is 127 Å². The van der Waals surface area contributed by atoms with Gasteiger partial charge in [0.2, 0.25) is 0 Å². The minimum atomic E-state index is -1.34. The van der Waals surface area contributed by atoms with Gasteiger partial charge in [-0.1, -0.05) is 17.2 Å². The molecular weight excluding hydrogens is 1690 g/mol. The summed E-state index contributed by atoms with van der Waals surface area (Å²) >= 11 is 0. The molecule has 9 heterocycles. The summed E-state index contributed by atoms with van der Waals surface area (Å²) in [6.45, 7) is 14.6. The molecule has 0 fully saturated rings. The Morgan fingerprint density at radius 3 is 1.29 bits per heavy atom. The van der Waals surface area contributed by atoms with E-state index in [2.05, 4.69) is 55.6 Å². The van der Waals surface area contributed by atoms with Gasteiger partial charge in [-0.15, -0.1) is 0 Å². The average molecular weight is 1780 g/mol. The fraction of sp³-hybridized carbons (Fsp3) is 0.239. The van der Waals surface area contributed by atoms with Gasteiger partial charge in [0.05, 0.1) is 83.1 Å². The number of ether oxygens (including phenoxy) is 5. The summed E-state index contributed by atoms with van der Waals surface area (Å²) in [5.74, 6) is -8.53. The summed E-state index contributed by atoms with van der Waals surface area (Å²) in [6, 6.07) is 27.8. The number of aliphatic hydroxyl groups is 1. The van der Waals surface area contributed by atoms with E-state index in [1.165, 1.54) is 102 Å². The standard InChI is InChI=1S/C23H16F2N6O3.C15H13F2NO3.C15H17N5O3.C13H9F2NO3.C11H16O5.C7H7F2N.C4H10O/c24-14-7-13(8-15(25)9-14)12-31-6-2-4-17(23(31)33)21(32)28-11-19-29-22(34-30-19)18-10-27-20-16(18)3-1-5-26-20;1-2-21-15(20)13-4-3-5-18(14(13)19)9-10-6-11(16)8-12(17)7-10;1-15(2,3)22-14(21)18-8-11-19-13(23-20-11)10-7-17-12-9(10)5-4-6-16-12;14-9-4-8(5-10(15)6-9)7-16-3-1-2-11(12(16)17)13(18)19;1-4-15-10(12)9(7-6-8-14-3)11(13)16-5-2;8-6-1-5(4-10)2-7(9)3-6;1-3-4(2)5/h1-10H,11-12H2,(H,26,27)(H,28,32);3-8H,2,9H2,1H3;4-7H,8H2,1-3H3,(H,16,17)(H,18,21);1-6H,7H2,(H,18,19);6-8H,4-5H2,1-3H3;1-3H,4,10H2;4-5H,3H2,1-2H3/b;;;;8-6+;;. The van der Waals surface area contributed by atoms with E-state index in [0.29, 0.717) is 28.5 Å². The molecule has 1 atom stereocenters. The van der Waals surface area contributed by atoms with Gasteiger partial charge in [0.25, 0.3) is 34.4 Å². The highest BCUT2D eigenvalue weighted by Crippen LogP contribution is 2.28. The molecule has 8 N–H and O–H groups in total. The Bertz CT molecular complexity index is 6110. The van der Waals surface area contributed by atoms with Crippen LogP contribution in [0.4, 0.5) is 39.9 Å². The number of amides is 2. The number of aliphatic hydroxyl groups excluding tert-OH is 1. The maximum atomic E-state index is 13.5. The normalized spacial score (nSPS) is 10.9. The van der Waals surface area contributed by atoms with Gasteiger partial charge in [0, 0.05) is 85.0 Å². The number of H-pyrrole nitrogens is 2. The highest BCUT2D eigenvalue weighted by Gasteiger charge is 2.23. The van der Waals surface area contributed by atoms with E-state index < -0.39 is 105 Å². The number of alkyl carbamates (subject to hydrolysis) is 1. The van der Waals surface area contributed by atoms with Crippen LogP contribution in [0.25, 0.3) is 45.0 Å². The summed E-state index contributed by atoms with van der Waals surface area (Å²) in [7, 11) is 1.46. The van der Waals surface area contributed by atoms with Crippen molar-refractivity contribution in [3.63, 3.8) is 0 Å². The van der Waals surface area contributed by atoms with E-state index >= 15 is 0 Å². The molecule has 40 heteroatoms. The van der Waals surface area contributed by atoms with E-state index in [1.807, 2.05) is 25.1 Å². The molecule has 13 aromatic rings. The third-order valence-corrected chi connectivity index (χ3v) is 16.6. The molecule has 128 heavy (non-hydrogen) atoms. The van der Waals surface area contributed by atoms with E-state index in [4.69, 9.17) is 43.9 Å². The molecule has 0 aliphatic carbocycles. The Labute approximate surface area is 723 Å². The number of hydrogen-bond donors (Lipinski definition) is 7. The number of pyridine rings is 5. The van der Waals surface area contributed by atoms with Crippen LogP contribution in [-0.2, 0) is 72.5 Å². The molecule has 674 valence electrons. The maximum Gasteiger partial charge on any atom is 0.408 e. The third-order valence-electron chi connectivity index (χ3n) is 16.6. The molecule has 0 spiro atoms. The van der Waals surface area contributed by atoms with Crippen molar-refractivity contribution in [1.82, 2.24) is 64.6 Å². The van der Waals surface area contributed by atoms with Gasteiger partial charge in [0.15, 0.2) is 11.6 Å². The molecule has 0 radical (unpaired) electrons. The first-order chi connectivity index (χ1) is 61.0. The fourth-order valence-electron chi connectivity index (χ4n) is 10.8. The SMILES string of the molecule is CC(C)(C)OC(=O)NCc1noc(-c2c[nH]c3ncccc23)n1.CCC(C)O.CCOC(=O)C(=C/C=C/OC)C(=O)OCC.CCOC(=O)c1cccn(Cc2cc(F)cc(F)c2)c1=O.NCc1cc(F)cc(F)c1.O=C(NCc1noc(-c2c[nH]c3ncccc23)n1)c1cccn(Cc2cc(F)cc(F)c2)c1=O.O=C(O)c1cccn(Cc2cc(F)cc(F)c2)c1=O. The van der Waals surface area contributed by atoms with Crippen molar-refractivity contribution < 1.29 is 107 Å². The Morgan fingerprint density at radius 1 is 0.539 bits per heavy atom. The second-order valence-corrected chi connectivity index (χ2v) is 27.5. The number of nitrogens with zero attached hydrogens (tertiary/aromatic N) is 9. The molecule has 9 aromatic heterocycles. The van der Waals surface area contributed by atoms with E-state index in [1.54, 1.807) is 79.3 Å². The number of carbonyl (C=O) groups is 6. The van der Waals surface area contributed by atoms with Crippen LogP contribution in [0.5, 0.6) is 0 Å². The van der Waals surface area contributed by atoms with Gasteiger partial charge in [0.1, 0.15) is 85.7 Å². The molecule has 0 saturated carbocycles. The van der Waals surface area contributed by atoms with Gasteiger partial charge >= 0.3 is 30.0 Å². The van der Waals surface area contributed by atoms with Crippen molar-refractivity contribution in [2.45, 2.75) is 113 Å². The van der Waals surface area contributed by atoms with Crippen LogP contribution < -0.4 is 33.0 Å². The quantitative estimate of drug-likeness (QED) is 0.00432. The van der Waals surface area contributed by atoms with E-state index in [0.717, 1.165) is 93.6 Å². The zero-order valence-corrected chi connectivity index (χ0v) is 70.2. The highest BCUT2D eigenvalue weighted by atomic mass is 19.2. The number of nitrogens with two attached hydrogens (primary N) is 1. The topological polar surface area (TPSA) is 440 Å². The number of rotatable bonds is 24. The summed E-state index contributed by atoms with van der Waals surface area (Å²) in [4.78, 5) is 129. The van der Waals surface area contributed by atoms with Crippen LogP contribution in [-0.4, -0.2) is 139 Å². The lowest BCUT2D eigenvalue weighted by Gasteiger charge is -2.19. The number of benzene rings is 4. The molecule has 0 saturated heterocycles. The van der Waals surface area contributed by atoms with Crippen LogP contribution in [0, 0.1) is 46.5 Å². The Hall–Kier alpha value is -15.4. The summed E-state index contributed by atoms with van der Waals surface area (Å²) in [6.07, 6.45) is 15.3. The number of methoxy groups -OCH3 is 1. The number of carbonyl (C=O) groups excluding carboxylic acids is 5. The van der Waals surface area contributed by atoms with Crippen molar-refractivity contribution in [1.29, 1.82) is 0 Å². The van der Waals surface area contributed by atoms with Crippen LogP contribution in [0.15, 0.2) is 224 Å². The number of halogens is 8. The lowest BCUT2D eigenvalue weighted by Crippen LogP contribution is -2.32. The summed E-state index contributed by atoms with van der Waals surface area (Å²) < 4.78 is 142. The van der Waals surface area contributed by atoms with Gasteiger partial charge in [-0.25, -0.2) is 69.1 Å². The fourth-order valence-corrected chi connectivity index (χ4v) is 10.8. The smallest absolute Gasteiger partial charge is 0.408 e. The molecule has 0 aliphatic heterocycles. The van der Waals surface area contributed by atoms with Crippen molar-refractivity contribution in [3.8, 4) is 22.9 Å². The first kappa shape index (κ1) is 99.8. The first-order valence-corrected chi connectivity index (χ1v) is 38.7. The zero-order chi connectivity index (χ0) is 93.7. The van der Waals surface area contributed by atoms with Crippen molar-refractivity contribution in [2.75, 3.05) is 26.9 Å². The Morgan fingerprint density at radius 2 is 0.914 bits per heavy atom. The number of carboxylic acids is 1. The number of allylic oxidation sites excluding steroid dienone is 2. The number of carboxylic acid groups (broad SMARTS) is 1. The molecule has 13 rings (SSSR count). The largest absolute Gasteiger partial charge is 0.504 e. The van der Waals surface area contributed by atoms with Crippen LogP contribution >= 0.6 is 0 Å².